The Morgan fingerprint density at radius 2 is 2.00 bits per heavy atom. The van der Waals surface area contributed by atoms with E-state index in [1.807, 2.05) is 43.3 Å². The molecule has 1 saturated heterocycles. The minimum absolute atomic E-state index is 0.136. The van der Waals surface area contributed by atoms with Crippen LogP contribution in [0.2, 0.25) is 0 Å². The minimum Gasteiger partial charge on any atom is -0.387 e. The largest absolute Gasteiger partial charge is 0.387 e. The molecule has 0 spiro atoms. The zero-order valence-electron chi connectivity index (χ0n) is 19.4. The molecular formula is C25H26N4O4S2. The van der Waals surface area contributed by atoms with Crippen LogP contribution in [0.1, 0.15) is 29.2 Å². The fraction of sp³-hybridized carbons (Fsp3) is 0.280. The van der Waals surface area contributed by atoms with Crippen molar-refractivity contribution in [2.75, 3.05) is 32.1 Å². The Bertz CT molecular complexity index is 1340. The zero-order valence-corrected chi connectivity index (χ0v) is 21.1. The Labute approximate surface area is 212 Å². The third-order valence-corrected chi connectivity index (χ3v) is 6.99. The van der Waals surface area contributed by atoms with Gasteiger partial charge in [0.1, 0.15) is 15.8 Å². The number of nitrogens with zero attached hydrogens (tertiary/aromatic N) is 3. The number of carbonyl (C=O) groups is 1. The molecule has 0 radical (unpaired) electrons. The first-order valence-electron chi connectivity index (χ1n) is 11.1. The third kappa shape index (κ3) is 5.46. The molecule has 0 aliphatic carbocycles. The maximum Gasteiger partial charge on any atom is 0.267 e. The van der Waals surface area contributed by atoms with Gasteiger partial charge in [-0.1, -0.05) is 60.4 Å². The molecule has 1 aliphatic heterocycles. The number of thiocarbonyl (C=S) groups is 1. The van der Waals surface area contributed by atoms with Crippen LogP contribution in [0.25, 0.3) is 11.7 Å². The number of ether oxygens (including phenoxy) is 1. The number of aliphatic hydroxyl groups excluding tert-OH is 1. The van der Waals surface area contributed by atoms with Gasteiger partial charge in [0.15, 0.2) is 0 Å². The van der Waals surface area contributed by atoms with E-state index in [0.29, 0.717) is 40.3 Å². The molecule has 0 unspecified atom stereocenters. The number of amides is 1. The van der Waals surface area contributed by atoms with Gasteiger partial charge in [-0.05, 0) is 36.6 Å². The van der Waals surface area contributed by atoms with E-state index in [1.54, 1.807) is 19.4 Å². The lowest BCUT2D eigenvalue weighted by Crippen LogP contribution is -2.29. The van der Waals surface area contributed by atoms with Crippen LogP contribution in [0.3, 0.4) is 0 Å². The molecule has 1 atom stereocenters. The highest BCUT2D eigenvalue weighted by Crippen LogP contribution is 2.33. The van der Waals surface area contributed by atoms with Crippen molar-refractivity contribution in [2.45, 2.75) is 19.4 Å². The summed E-state index contributed by atoms with van der Waals surface area (Å²) in [4.78, 5) is 33.1. The van der Waals surface area contributed by atoms with Crippen molar-refractivity contribution in [3.8, 4) is 0 Å². The summed E-state index contributed by atoms with van der Waals surface area (Å²) < 4.78 is 6.97. The summed E-state index contributed by atoms with van der Waals surface area (Å²) >= 11 is 6.56. The number of nitrogens with one attached hydrogen (secondary N) is 1. The van der Waals surface area contributed by atoms with Gasteiger partial charge in [-0.25, -0.2) is 4.98 Å². The molecule has 1 amide bonds. The lowest BCUT2D eigenvalue weighted by Gasteiger charge is -2.16. The number of carbonyl (C=O) groups excluding carboxylic acids is 1. The van der Waals surface area contributed by atoms with Gasteiger partial charge >= 0.3 is 0 Å². The minimum atomic E-state index is -0.805. The standard InChI is InChI=1S/C25H26N4O4S2/c1-16-8-6-11-28-22(16)27-21(26-15-19(30)17-9-4-3-5-10-17)18(23(28)31)14-20-24(32)29(25(34)35-20)12-7-13-33-2/h3-6,8-11,14,19,26,30H,7,12-13,15H2,1-2H3/b20-14-/t19-/m0/s1. The average Bonchev–Trinajstić information content (AvgIpc) is 3.13. The van der Waals surface area contributed by atoms with Gasteiger partial charge in [0, 0.05) is 33.0 Å². The van der Waals surface area contributed by atoms with Gasteiger partial charge in [-0.15, -0.1) is 0 Å². The fourth-order valence-corrected chi connectivity index (χ4v) is 5.04. The molecule has 8 nitrogen and oxygen atoms in total. The highest BCUT2D eigenvalue weighted by Gasteiger charge is 2.32. The molecule has 182 valence electrons. The number of hydrogen-bond acceptors (Lipinski definition) is 8. The second-order valence-corrected chi connectivity index (χ2v) is 9.73. The van der Waals surface area contributed by atoms with Crippen LogP contribution >= 0.6 is 24.0 Å². The lowest BCUT2D eigenvalue weighted by molar-refractivity contribution is -0.122. The van der Waals surface area contributed by atoms with Crippen molar-refractivity contribution in [2.24, 2.45) is 0 Å². The summed E-state index contributed by atoms with van der Waals surface area (Å²) in [5.74, 6) is 0.0454. The highest BCUT2D eigenvalue weighted by atomic mass is 32.2. The average molecular weight is 511 g/mol. The molecule has 10 heteroatoms. The zero-order chi connectivity index (χ0) is 24.9. The van der Waals surface area contributed by atoms with Crippen LogP contribution in [0.15, 0.2) is 58.4 Å². The number of benzene rings is 1. The quantitative estimate of drug-likeness (QED) is 0.257. The molecule has 2 N–H and O–H groups in total. The van der Waals surface area contributed by atoms with Gasteiger partial charge in [-0.3, -0.25) is 18.9 Å². The number of aromatic nitrogens is 2. The second kappa shape index (κ2) is 11.1. The normalized spacial score (nSPS) is 15.9. The molecule has 35 heavy (non-hydrogen) atoms. The van der Waals surface area contributed by atoms with Gasteiger partial charge in [0.05, 0.1) is 16.6 Å². The summed E-state index contributed by atoms with van der Waals surface area (Å²) in [6, 6.07) is 12.9. The first kappa shape index (κ1) is 25.1. The molecule has 4 rings (SSSR count). The second-order valence-electron chi connectivity index (χ2n) is 8.05. The van der Waals surface area contributed by atoms with Crippen LogP contribution in [0.5, 0.6) is 0 Å². The monoisotopic (exact) mass is 510 g/mol. The Kier molecular flexibility index (Phi) is 7.97. The first-order chi connectivity index (χ1) is 16.9. The number of hydrogen-bond donors (Lipinski definition) is 2. The molecule has 1 fully saturated rings. The molecule has 0 saturated carbocycles. The van der Waals surface area contributed by atoms with Gasteiger partial charge in [0.25, 0.3) is 11.5 Å². The fourth-order valence-electron chi connectivity index (χ4n) is 3.75. The van der Waals surface area contributed by atoms with E-state index >= 15 is 0 Å². The molecule has 0 bridgehead atoms. The summed E-state index contributed by atoms with van der Waals surface area (Å²) in [7, 11) is 1.61. The molecule has 3 aromatic rings. The molecule has 1 aliphatic rings. The Morgan fingerprint density at radius 3 is 2.74 bits per heavy atom. The van der Waals surface area contributed by atoms with Crippen LogP contribution in [-0.4, -0.2) is 56.4 Å². The van der Waals surface area contributed by atoms with Crippen molar-refractivity contribution in [1.82, 2.24) is 14.3 Å². The van der Waals surface area contributed by atoms with Crippen LogP contribution in [-0.2, 0) is 9.53 Å². The number of thioether (sulfide) groups is 1. The maximum absolute atomic E-state index is 13.5. The summed E-state index contributed by atoms with van der Waals surface area (Å²) in [5.41, 5.74) is 1.98. The molecule has 2 aromatic heterocycles. The van der Waals surface area contributed by atoms with Crippen molar-refractivity contribution >= 4 is 51.7 Å². The summed E-state index contributed by atoms with van der Waals surface area (Å²) in [6.07, 6.45) is 3.03. The number of rotatable bonds is 9. The topological polar surface area (TPSA) is 96.2 Å². The van der Waals surface area contributed by atoms with Crippen LogP contribution in [0, 0.1) is 6.92 Å². The predicted molar refractivity (Wildman–Crippen MR) is 142 cm³/mol. The Balaban J connectivity index is 1.71. The Morgan fingerprint density at radius 1 is 1.23 bits per heavy atom. The predicted octanol–water partition coefficient (Wildman–Crippen LogP) is 3.39. The van der Waals surface area contributed by atoms with E-state index in [0.717, 1.165) is 22.9 Å². The number of anilines is 1. The number of fused-ring (bicyclic) bond motifs is 1. The maximum atomic E-state index is 13.5. The number of methoxy groups -OCH3 is 1. The van der Waals surface area contributed by atoms with E-state index in [2.05, 4.69) is 10.3 Å². The molecule has 1 aromatic carbocycles. The SMILES string of the molecule is COCCCN1C(=O)/C(=C/c2c(NC[C@H](O)c3ccccc3)nc3c(C)cccn3c2=O)SC1=S. The highest BCUT2D eigenvalue weighted by molar-refractivity contribution is 8.26. The van der Waals surface area contributed by atoms with Crippen molar-refractivity contribution < 1.29 is 14.6 Å². The Hall–Kier alpha value is -3.05. The van der Waals surface area contributed by atoms with E-state index in [4.69, 9.17) is 17.0 Å². The van der Waals surface area contributed by atoms with Gasteiger partial charge < -0.3 is 15.2 Å². The number of aliphatic hydroxyl groups is 1. The summed E-state index contributed by atoms with van der Waals surface area (Å²) in [6.45, 7) is 2.97. The molecular weight excluding hydrogens is 484 g/mol. The third-order valence-electron chi connectivity index (χ3n) is 5.61. The lowest BCUT2D eigenvalue weighted by atomic mass is 10.1. The van der Waals surface area contributed by atoms with Gasteiger partial charge in [-0.2, -0.15) is 0 Å². The van der Waals surface area contributed by atoms with Crippen molar-refractivity contribution in [3.63, 3.8) is 0 Å². The smallest absolute Gasteiger partial charge is 0.267 e. The van der Waals surface area contributed by atoms with E-state index < -0.39 is 6.10 Å². The van der Waals surface area contributed by atoms with Crippen LogP contribution in [0.4, 0.5) is 5.82 Å². The molecule has 3 heterocycles. The first-order valence-corrected chi connectivity index (χ1v) is 12.4. The van der Waals surface area contributed by atoms with E-state index in [1.165, 1.54) is 15.4 Å². The van der Waals surface area contributed by atoms with Crippen molar-refractivity contribution in [1.29, 1.82) is 0 Å². The van der Waals surface area contributed by atoms with E-state index in [9.17, 15) is 14.7 Å². The van der Waals surface area contributed by atoms with Gasteiger partial charge in [0.2, 0.25) is 0 Å². The van der Waals surface area contributed by atoms with Crippen LogP contribution < -0.4 is 10.9 Å². The van der Waals surface area contributed by atoms with E-state index in [-0.39, 0.29) is 23.6 Å². The summed E-state index contributed by atoms with van der Waals surface area (Å²) in [5, 5.41) is 13.7. The number of pyridine rings is 1. The van der Waals surface area contributed by atoms with Crippen molar-refractivity contribution in [3.05, 3.63) is 80.6 Å². The number of aryl methyl sites for hydroxylation is 1.